The average molecular weight is 433 g/mol. The van der Waals surface area contributed by atoms with Crippen molar-refractivity contribution in [1.82, 2.24) is 15.1 Å². The number of imide groups is 1. The molecular formula is C20H23N3O6S. The van der Waals surface area contributed by atoms with Gasteiger partial charge in [0.25, 0.3) is 5.91 Å². The van der Waals surface area contributed by atoms with Crippen LogP contribution in [-0.4, -0.2) is 72.8 Å². The maximum atomic E-state index is 13.3. The fourth-order valence-corrected chi connectivity index (χ4v) is 6.50. The molecule has 1 spiro atoms. The molecule has 3 fully saturated rings. The maximum absolute atomic E-state index is 13.3. The summed E-state index contributed by atoms with van der Waals surface area (Å²) >= 11 is 0. The van der Waals surface area contributed by atoms with Crippen LogP contribution in [0.25, 0.3) is 0 Å². The van der Waals surface area contributed by atoms with Gasteiger partial charge in [0.05, 0.1) is 18.1 Å². The van der Waals surface area contributed by atoms with Crippen LogP contribution in [0.4, 0.5) is 4.79 Å². The van der Waals surface area contributed by atoms with Crippen molar-refractivity contribution >= 4 is 27.7 Å². The molecule has 2 unspecified atom stereocenters. The standard InChI is InChI=1S/C20H23N3O6S/c24-17(23(13-5-6-13)14-7-10-30(27,28)12-14)11-22-18(25)20(21-19(22)26)8-9-29-16-4-2-1-3-15(16)20/h1-4,13-14H,5-12H2,(H,21,26). The first-order valence-corrected chi connectivity index (χ1v) is 12.0. The van der Waals surface area contributed by atoms with E-state index in [-0.39, 0.29) is 49.1 Å². The van der Waals surface area contributed by atoms with Crippen LogP contribution in [0.15, 0.2) is 24.3 Å². The molecule has 160 valence electrons. The van der Waals surface area contributed by atoms with Gasteiger partial charge in [0.2, 0.25) is 5.91 Å². The summed E-state index contributed by atoms with van der Waals surface area (Å²) in [5.74, 6) is -0.283. The van der Waals surface area contributed by atoms with Gasteiger partial charge in [-0.25, -0.2) is 13.2 Å². The number of hydrogen-bond acceptors (Lipinski definition) is 6. The molecule has 1 N–H and O–H groups in total. The van der Waals surface area contributed by atoms with Gasteiger partial charge < -0.3 is 15.0 Å². The Hall–Kier alpha value is -2.62. The van der Waals surface area contributed by atoms with Gasteiger partial charge in [0, 0.05) is 24.1 Å². The van der Waals surface area contributed by atoms with Crippen LogP contribution in [-0.2, 0) is 25.0 Å². The normalized spacial score (nSPS) is 29.5. The SMILES string of the molecule is O=C1NC2(CCOc3ccccc32)C(=O)N1CC(=O)N(C1CC1)C1CCS(=O)(=O)C1. The van der Waals surface area contributed by atoms with Gasteiger partial charge in [0.15, 0.2) is 15.4 Å². The molecule has 3 heterocycles. The molecule has 2 saturated heterocycles. The molecule has 1 aliphatic carbocycles. The number of amides is 4. The first-order valence-electron chi connectivity index (χ1n) is 10.2. The van der Waals surface area contributed by atoms with Crippen LogP contribution in [0.5, 0.6) is 5.75 Å². The third-order valence-electron chi connectivity index (χ3n) is 6.38. The van der Waals surface area contributed by atoms with Gasteiger partial charge in [-0.05, 0) is 25.3 Å². The topological polar surface area (TPSA) is 113 Å². The highest BCUT2D eigenvalue weighted by atomic mass is 32.2. The van der Waals surface area contributed by atoms with Crippen LogP contribution >= 0.6 is 0 Å². The molecule has 0 radical (unpaired) electrons. The molecule has 0 bridgehead atoms. The van der Waals surface area contributed by atoms with Crippen molar-refractivity contribution in [3.63, 3.8) is 0 Å². The quantitative estimate of drug-likeness (QED) is 0.688. The second-order valence-corrected chi connectivity index (χ2v) is 10.6. The van der Waals surface area contributed by atoms with Gasteiger partial charge in [-0.15, -0.1) is 0 Å². The van der Waals surface area contributed by atoms with Crippen molar-refractivity contribution in [3.8, 4) is 5.75 Å². The summed E-state index contributed by atoms with van der Waals surface area (Å²) in [5, 5.41) is 2.79. The van der Waals surface area contributed by atoms with Crippen LogP contribution in [0, 0.1) is 0 Å². The molecular weight excluding hydrogens is 410 g/mol. The third kappa shape index (κ3) is 3.05. The Bertz CT molecular complexity index is 1040. The van der Waals surface area contributed by atoms with E-state index in [0.717, 1.165) is 17.7 Å². The molecule has 1 aromatic rings. The predicted octanol–water partition coefficient (Wildman–Crippen LogP) is 0.394. The molecule has 1 saturated carbocycles. The Morgan fingerprint density at radius 1 is 1.20 bits per heavy atom. The summed E-state index contributed by atoms with van der Waals surface area (Å²) < 4.78 is 29.4. The Balaban J connectivity index is 1.39. The summed E-state index contributed by atoms with van der Waals surface area (Å²) in [7, 11) is -3.15. The summed E-state index contributed by atoms with van der Waals surface area (Å²) in [6, 6.07) is 6.07. The van der Waals surface area contributed by atoms with E-state index in [1.54, 1.807) is 29.2 Å². The summed E-state index contributed by atoms with van der Waals surface area (Å²) in [6.07, 6.45) is 2.32. The molecule has 3 aliphatic heterocycles. The van der Waals surface area contributed by atoms with Crippen molar-refractivity contribution in [2.45, 2.75) is 43.3 Å². The minimum atomic E-state index is -3.15. The largest absolute Gasteiger partial charge is 0.493 e. The lowest BCUT2D eigenvalue weighted by atomic mass is 9.84. The number of fused-ring (bicyclic) bond motifs is 2. The number of nitrogens with zero attached hydrogens (tertiary/aromatic N) is 2. The Labute approximate surface area is 174 Å². The monoisotopic (exact) mass is 433 g/mol. The Morgan fingerprint density at radius 2 is 1.97 bits per heavy atom. The number of rotatable bonds is 4. The van der Waals surface area contributed by atoms with Crippen molar-refractivity contribution in [3.05, 3.63) is 29.8 Å². The molecule has 2 atom stereocenters. The van der Waals surface area contributed by atoms with E-state index in [9.17, 15) is 22.8 Å². The molecule has 10 heteroatoms. The summed E-state index contributed by atoms with van der Waals surface area (Å²) in [6.45, 7) is -0.110. The van der Waals surface area contributed by atoms with E-state index in [0.29, 0.717) is 17.7 Å². The van der Waals surface area contributed by atoms with Crippen LogP contribution in [0.2, 0.25) is 0 Å². The number of nitrogens with one attached hydrogen (secondary N) is 1. The number of urea groups is 1. The van der Waals surface area contributed by atoms with Crippen molar-refractivity contribution in [2.75, 3.05) is 24.7 Å². The number of para-hydroxylation sites is 1. The van der Waals surface area contributed by atoms with E-state index in [4.69, 9.17) is 4.74 Å². The van der Waals surface area contributed by atoms with Gasteiger partial charge in [-0.3, -0.25) is 14.5 Å². The van der Waals surface area contributed by atoms with Crippen LogP contribution < -0.4 is 10.1 Å². The zero-order valence-electron chi connectivity index (χ0n) is 16.4. The molecule has 4 amide bonds. The second-order valence-electron chi connectivity index (χ2n) is 8.41. The minimum absolute atomic E-state index is 0.00525. The number of carbonyl (C=O) groups excluding carboxylic acids is 3. The van der Waals surface area contributed by atoms with E-state index < -0.39 is 27.3 Å². The number of hydrogen-bond donors (Lipinski definition) is 1. The highest BCUT2D eigenvalue weighted by Gasteiger charge is 2.55. The van der Waals surface area contributed by atoms with Crippen LogP contribution in [0.1, 0.15) is 31.2 Å². The van der Waals surface area contributed by atoms with Gasteiger partial charge >= 0.3 is 6.03 Å². The van der Waals surface area contributed by atoms with Gasteiger partial charge in [0.1, 0.15) is 12.3 Å². The lowest BCUT2D eigenvalue weighted by Gasteiger charge is -2.33. The summed E-state index contributed by atoms with van der Waals surface area (Å²) in [5.41, 5.74) is -0.640. The molecule has 5 rings (SSSR count). The fourth-order valence-electron chi connectivity index (χ4n) is 4.79. The highest BCUT2D eigenvalue weighted by Crippen LogP contribution is 2.41. The summed E-state index contributed by atoms with van der Waals surface area (Å²) in [4.78, 5) is 41.8. The lowest BCUT2D eigenvalue weighted by molar-refractivity contribution is -0.141. The van der Waals surface area contributed by atoms with E-state index in [1.165, 1.54) is 0 Å². The smallest absolute Gasteiger partial charge is 0.325 e. The van der Waals surface area contributed by atoms with E-state index in [1.807, 2.05) is 0 Å². The molecule has 1 aromatic carbocycles. The van der Waals surface area contributed by atoms with Crippen molar-refractivity contribution in [2.24, 2.45) is 0 Å². The van der Waals surface area contributed by atoms with E-state index in [2.05, 4.69) is 5.32 Å². The minimum Gasteiger partial charge on any atom is -0.493 e. The highest BCUT2D eigenvalue weighted by molar-refractivity contribution is 7.91. The number of carbonyl (C=O) groups is 3. The number of ether oxygens (including phenoxy) is 1. The maximum Gasteiger partial charge on any atom is 0.325 e. The third-order valence-corrected chi connectivity index (χ3v) is 8.13. The molecule has 30 heavy (non-hydrogen) atoms. The first-order chi connectivity index (χ1) is 14.3. The van der Waals surface area contributed by atoms with E-state index >= 15 is 0 Å². The number of benzene rings is 1. The number of sulfone groups is 1. The fraction of sp³-hybridized carbons (Fsp3) is 0.550. The average Bonchev–Trinajstić information content (AvgIpc) is 3.43. The Morgan fingerprint density at radius 3 is 2.67 bits per heavy atom. The second kappa shape index (κ2) is 6.69. The first kappa shape index (κ1) is 19.3. The lowest BCUT2D eigenvalue weighted by Crippen LogP contribution is -2.50. The molecule has 0 aromatic heterocycles. The molecule has 4 aliphatic rings. The van der Waals surface area contributed by atoms with Crippen molar-refractivity contribution < 1.29 is 27.5 Å². The van der Waals surface area contributed by atoms with Gasteiger partial charge in [-0.1, -0.05) is 18.2 Å². The predicted molar refractivity (Wildman–Crippen MR) is 105 cm³/mol. The zero-order chi connectivity index (χ0) is 21.1. The van der Waals surface area contributed by atoms with Crippen molar-refractivity contribution in [1.29, 1.82) is 0 Å². The van der Waals surface area contributed by atoms with Gasteiger partial charge in [-0.2, -0.15) is 0 Å². The molecule has 9 nitrogen and oxygen atoms in total. The zero-order valence-corrected chi connectivity index (χ0v) is 17.2. The Kier molecular flexibility index (Phi) is 4.32. The van der Waals surface area contributed by atoms with Crippen LogP contribution in [0.3, 0.4) is 0 Å².